The van der Waals surface area contributed by atoms with Gasteiger partial charge in [-0.25, -0.2) is 0 Å². The summed E-state index contributed by atoms with van der Waals surface area (Å²) in [5.74, 6) is -0.826. The Labute approximate surface area is 155 Å². The monoisotopic (exact) mass is 359 g/mol. The van der Waals surface area contributed by atoms with Crippen LogP contribution in [-0.4, -0.2) is 38.7 Å². The molecule has 5 heteroatoms. The second-order valence-electron chi connectivity index (χ2n) is 6.54. The zero-order valence-electron chi connectivity index (χ0n) is 18.3. The Bertz CT molecular complexity index is 414. The minimum Gasteiger partial charge on any atom is -0.390 e. The van der Waals surface area contributed by atoms with Gasteiger partial charge in [0.1, 0.15) is 5.78 Å². The van der Waals surface area contributed by atoms with Gasteiger partial charge >= 0.3 is 0 Å². The number of hydrogen-bond donors (Lipinski definition) is 1. The number of carbonyl (C=O) groups is 3. The predicted octanol–water partition coefficient (Wildman–Crippen LogP) is 4.36. The fraction of sp³-hybridized carbons (Fsp3) is 0.850. The fourth-order valence-electron chi connectivity index (χ4n) is 3.03. The molecule has 1 heterocycles. The first-order chi connectivity index (χ1) is 11.5. The standard InChI is InChI=1S/C14H23NO4.3C2H6/c1-9-6-11(17)15(12(9)18)13(3,4)8-14(5,19)7-10(2)16;3*1-2/h9,19H,6-8H2,1-5H3;3*1-2H3. The minimum absolute atomic E-state index is 0.0161. The Balaban J connectivity index is -0.000000725. The number of Topliss-reactive ketones (excluding diaryl/α,β-unsaturated/α-hetero) is 1. The molecule has 1 rings (SSSR count). The number of likely N-dealkylation sites (tertiary alicyclic amines) is 1. The quantitative estimate of drug-likeness (QED) is 0.740. The van der Waals surface area contributed by atoms with Crippen molar-refractivity contribution in [3.05, 3.63) is 0 Å². The van der Waals surface area contributed by atoms with Crippen LogP contribution in [-0.2, 0) is 14.4 Å². The van der Waals surface area contributed by atoms with Crippen LogP contribution >= 0.6 is 0 Å². The number of aliphatic hydroxyl groups is 1. The molecule has 5 nitrogen and oxygen atoms in total. The number of carbonyl (C=O) groups excluding carboxylic acids is 3. The fourth-order valence-corrected chi connectivity index (χ4v) is 3.03. The highest BCUT2D eigenvalue weighted by molar-refractivity contribution is 6.04. The molecule has 0 spiro atoms. The second-order valence-corrected chi connectivity index (χ2v) is 6.54. The molecule has 1 saturated heterocycles. The van der Waals surface area contributed by atoms with Crippen LogP contribution < -0.4 is 0 Å². The third kappa shape index (κ3) is 9.73. The summed E-state index contributed by atoms with van der Waals surface area (Å²) in [6.07, 6.45) is 0.420. The summed E-state index contributed by atoms with van der Waals surface area (Å²) < 4.78 is 0. The van der Waals surface area contributed by atoms with Gasteiger partial charge in [-0.15, -0.1) is 0 Å². The summed E-state index contributed by atoms with van der Waals surface area (Å²) in [5, 5.41) is 10.2. The van der Waals surface area contributed by atoms with E-state index >= 15 is 0 Å². The maximum Gasteiger partial charge on any atom is 0.233 e. The highest BCUT2D eigenvalue weighted by Gasteiger charge is 2.46. The lowest BCUT2D eigenvalue weighted by Gasteiger charge is -2.39. The van der Waals surface area contributed by atoms with Crippen molar-refractivity contribution in [1.82, 2.24) is 4.90 Å². The lowest BCUT2D eigenvalue weighted by Crippen LogP contribution is -2.52. The van der Waals surface area contributed by atoms with Crippen LogP contribution in [0.2, 0.25) is 0 Å². The smallest absolute Gasteiger partial charge is 0.233 e. The van der Waals surface area contributed by atoms with E-state index in [2.05, 4.69) is 0 Å². The van der Waals surface area contributed by atoms with Gasteiger partial charge in [-0.3, -0.25) is 19.3 Å². The van der Waals surface area contributed by atoms with Gasteiger partial charge in [-0.1, -0.05) is 48.5 Å². The van der Waals surface area contributed by atoms with Gasteiger partial charge < -0.3 is 5.11 Å². The summed E-state index contributed by atoms with van der Waals surface area (Å²) in [4.78, 5) is 36.3. The first kappa shape index (κ1) is 28.6. The Kier molecular flexibility index (Phi) is 14.9. The molecule has 0 aromatic heterocycles. The molecule has 0 radical (unpaired) electrons. The molecule has 0 saturated carbocycles. The molecule has 1 N–H and O–H groups in total. The van der Waals surface area contributed by atoms with E-state index < -0.39 is 11.1 Å². The van der Waals surface area contributed by atoms with E-state index in [4.69, 9.17) is 0 Å². The van der Waals surface area contributed by atoms with Crippen molar-refractivity contribution in [2.24, 2.45) is 5.92 Å². The zero-order chi connectivity index (χ0) is 21.0. The predicted molar refractivity (Wildman–Crippen MR) is 104 cm³/mol. The minimum atomic E-state index is -1.22. The van der Waals surface area contributed by atoms with E-state index in [1.807, 2.05) is 41.5 Å². The topological polar surface area (TPSA) is 74.7 Å². The van der Waals surface area contributed by atoms with Crippen LogP contribution in [0, 0.1) is 5.92 Å². The molecule has 0 aliphatic carbocycles. The lowest BCUT2D eigenvalue weighted by molar-refractivity contribution is -0.147. The maximum absolute atomic E-state index is 12.0. The third-order valence-electron chi connectivity index (χ3n) is 3.42. The summed E-state index contributed by atoms with van der Waals surface area (Å²) >= 11 is 0. The highest BCUT2D eigenvalue weighted by Crippen LogP contribution is 2.33. The van der Waals surface area contributed by atoms with Crippen LogP contribution in [0.4, 0.5) is 0 Å². The number of ketones is 1. The van der Waals surface area contributed by atoms with E-state index in [1.165, 1.54) is 11.8 Å². The van der Waals surface area contributed by atoms with Crippen molar-refractivity contribution < 1.29 is 19.5 Å². The number of imide groups is 1. The highest BCUT2D eigenvalue weighted by atomic mass is 16.3. The Morgan fingerprint density at radius 2 is 1.48 bits per heavy atom. The van der Waals surface area contributed by atoms with Crippen LogP contribution in [0.15, 0.2) is 0 Å². The van der Waals surface area contributed by atoms with E-state index in [1.54, 1.807) is 27.7 Å². The van der Waals surface area contributed by atoms with Gasteiger partial charge in [-0.2, -0.15) is 0 Å². The summed E-state index contributed by atoms with van der Waals surface area (Å²) in [6, 6.07) is 0. The van der Waals surface area contributed by atoms with Crippen molar-refractivity contribution in [3.63, 3.8) is 0 Å². The second kappa shape index (κ2) is 13.0. The molecular weight excluding hydrogens is 318 g/mol. The van der Waals surface area contributed by atoms with E-state index in [0.717, 1.165) is 0 Å². The molecule has 2 atom stereocenters. The molecule has 1 aliphatic rings. The van der Waals surface area contributed by atoms with Crippen LogP contribution in [0.5, 0.6) is 0 Å². The Morgan fingerprint density at radius 3 is 1.76 bits per heavy atom. The average Bonchev–Trinajstić information content (AvgIpc) is 2.76. The number of amides is 2. The van der Waals surface area contributed by atoms with Gasteiger partial charge in [0.05, 0.1) is 5.60 Å². The normalized spacial score (nSPS) is 18.7. The SMILES string of the molecule is CC.CC.CC.CC(=O)CC(C)(O)CC(C)(C)N1C(=O)CC(C)C1=O. The molecular formula is C20H41NO4. The largest absolute Gasteiger partial charge is 0.390 e. The van der Waals surface area contributed by atoms with Crippen LogP contribution in [0.3, 0.4) is 0 Å². The zero-order valence-corrected chi connectivity index (χ0v) is 18.3. The molecule has 0 bridgehead atoms. The summed E-state index contributed by atoms with van der Waals surface area (Å²) in [7, 11) is 0. The lowest BCUT2D eigenvalue weighted by atomic mass is 9.84. The Morgan fingerprint density at radius 1 is 1.08 bits per heavy atom. The van der Waals surface area contributed by atoms with Crippen molar-refractivity contribution in [1.29, 1.82) is 0 Å². The van der Waals surface area contributed by atoms with Gasteiger partial charge in [0, 0.05) is 24.3 Å². The molecule has 25 heavy (non-hydrogen) atoms. The van der Waals surface area contributed by atoms with Crippen LogP contribution in [0.1, 0.15) is 95.4 Å². The first-order valence-electron chi connectivity index (χ1n) is 9.55. The van der Waals surface area contributed by atoms with Gasteiger partial charge in [0.2, 0.25) is 11.8 Å². The first-order valence-corrected chi connectivity index (χ1v) is 9.55. The molecule has 1 aliphatic heterocycles. The van der Waals surface area contributed by atoms with E-state index in [-0.39, 0.29) is 42.8 Å². The number of hydrogen-bond acceptors (Lipinski definition) is 4. The molecule has 0 aromatic carbocycles. The van der Waals surface area contributed by atoms with Crippen molar-refractivity contribution in [2.75, 3.05) is 0 Å². The summed E-state index contributed by atoms with van der Waals surface area (Å²) in [6.45, 7) is 20.2. The average molecular weight is 360 g/mol. The summed E-state index contributed by atoms with van der Waals surface area (Å²) in [5.41, 5.74) is -2.01. The van der Waals surface area contributed by atoms with Crippen LogP contribution in [0.25, 0.3) is 0 Å². The van der Waals surface area contributed by atoms with Gasteiger partial charge in [0.15, 0.2) is 0 Å². The van der Waals surface area contributed by atoms with Crippen molar-refractivity contribution in [3.8, 4) is 0 Å². The molecule has 150 valence electrons. The molecule has 2 amide bonds. The maximum atomic E-state index is 12.0. The third-order valence-corrected chi connectivity index (χ3v) is 3.42. The molecule has 1 fully saturated rings. The van der Waals surface area contributed by atoms with E-state index in [9.17, 15) is 19.5 Å². The number of nitrogens with zero attached hydrogens (tertiary/aromatic N) is 1. The Hall–Kier alpha value is -1.23. The van der Waals surface area contributed by atoms with E-state index in [0.29, 0.717) is 0 Å². The van der Waals surface area contributed by atoms with Gasteiger partial charge in [-0.05, 0) is 34.1 Å². The van der Waals surface area contributed by atoms with Crippen molar-refractivity contribution >= 4 is 17.6 Å². The number of rotatable bonds is 5. The van der Waals surface area contributed by atoms with Crippen molar-refractivity contribution in [2.45, 2.75) is 107 Å². The molecule has 0 aromatic rings. The van der Waals surface area contributed by atoms with Gasteiger partial charge in [0.25, 0.3) is 0 Å². The molecule has 2 unspecified atom stereocenters.